The molecule has 94 valence electrons. The Hall–Kier alpha value is -1.56. The molecular formula is C11H18N4O2. The molecule has 0 aromatic carbocycles. The predicted octanol–water partition coefficient (Wildman–Crippen LogP) is 0.0961. The van der Waals surface area contributed by atoms with Gasteiger partial charge in [-0.05, 0) is 6.42 Å². The molecule has 0 spiro atoms. The van der Waals surface area contributed by atoms with Gasteiger partial charge in [0.15, 0.2) is 5.82 Å². The molecule has 0 bridgehead atoms. The summed E-state index contributed by atoms with van der Waals surface area (Å²) in [5, 5.41) is 0. The number of nitrogens with zero attached hydrogens (tertiary/aromatic N) is 2. The van der Waals surface area contributed by atoms with Crippen molar-refractivity contribution in [1.82, 2.24) is 9.97 Å². The van der Waals surface area contributed by atoms with E-state index in [1.54, 1.807) is 0 Å². The van der Waals surface area contributed by atoms with Gasteiger partial charge in [0.2, 0.25) is 5.75 Å². The Labute approximate surface area is 99.8 Å². The monoisotopic (exact) mass is 238 g/mol. The third kappa shape index (κ3) is 2.12. The zero-order chi connectivity index (χ0) is 12.5. The number of methoxy groups -OCH3 is 1. The molecule has 17 heavy (non-hydrogen) atoms. The van der Waals surface area contributed by atoms with E-state index >= 15 is 0 Å². The van der Waals surface area contributed by atoms with Crippen molar-refractivity contribution >= 4 is 5.82 Å². The Kier molecular flexibility index (Phi) is 3.06. The Morgan fingerprint density at radius 3 is 2.94 bits per heavy atom. The van der Waals surface area contributed by atoms with Gasteiger partial charge >= 0.3 is 0 Å². The van der Waals surface area contributed by atoms with Crippen LogP contribution in [0.15, 0.2) is 11.1 Å². The molecule has 6 nitrogen and oxygen atoms in total. The molecule has 3 N–H and O–H groups in total. The highest BCUT2D eigenvalue weighted by Crippen LogP contribution is 2.31. The maximum Gasteiger partial charge on any atom is 0.295 e. The molecule has 0 unspecified atom stereocenters. The van der Waals surface area contributed by atoms with Crippen LogP contribution in [-0.4, -0.2) is 35.7 Å². The van der Waals surface area contributed by atoms with Crippen molar-refractivity contribution in [3.63, 3.8) is 0 Å². The lowest BCUT2D eigenvalue weighted by molar-refractivity contribution is 0.301. The SMILES string of the molecule is CCCC1(N)CN(c2nc[nH]c(=O)c2OC)C1. The van der Waals surface area contributed by atoms with Crippen LogP contribution in [0.4, 0.5) is 5.82 Å². The van der Waals surface area contributed by atoms with Crippen molar-refractivity contribution in [2.24, 2.45) is 5.73 Å². The highest BCUT2D eigenvalue weighted by Gasteiger charge is 2.40. The van der Waals surface area contributed by atoms with Crippen LogP contribution in [-0.2, 0) is 0 Å². The summed E-state index contributed by atoms with van der Waals surface area (Å²) >= 11 is 0. The summed E-state index contributed by atoms with van der Waals surface area (Å²) < 4.78 is 5.07. The first kappa shape index (κ1) is 11.9. The summed E-state index contributed by atoms with van der Waals surface area (Å²) in [5.41, 5.74) is 5.76. The molecule has 1 aliphatic rings. The quantitative estimate of drug-likeness (QED) is 0.777. The minimum atomic E-state index is -0.262. The van der Waals surface area contributed by atoms with Gasteiger partial charge in [-0.25, -0.2) is 4.98 Å². The zero-order valence-electron chi connectivity index (χ0n) is 10.2. The number of H-pyrrole nitrogens is 1. The lowest BCUT2D eigenvalue weighted by Crippen LogP contribution is -2.67. The number of anilines is 1. The van der Waals surface area contributed by atoms with Gasteiger partial charge in [0.25, 0.3) is 5.56 Å². The van der Waals surface area contributed by atoms with Gasteiger partial charge in [-0.2, -0.15) is 0 Å². The molecular weight excluding hydrogens is 220 g/mol. The van der Waals surface area contributed by atoms with Crippen molar-refractivity contribution in [2.75, 3.05) is 25.1 Å². The van der Waals surface area contributed by atoms with E-state index < -0.39 is 0 Å². The van der Waals surface area contributed by atoms with E-state index in [1.165, 1.54) is 13.4 Å². The van der Waals surface area contributed by atoms with Gasteiger partial charge < -0.3 is 20.4 Å². The first-order valence-corrected chi connectivity index (χ1v) is 5.75. The smallest absolute Gasteiger partial charge is 0.295 e. The first-order valence-electron chi connectivity index (χ1n) is 5.75. The second kappa shape index (κ2) is 4.37. The Morgan fingerprint density at radius 2 is 2.35 bits per heavy atom. The second-order valence-electron chi connectivity index (χ2n) is 4.56. The van der Waals surface area contributed by atoms with Gasteiger partial charge in [-0.15, -0.1) is 0 Å². The minimum absolute atomic E-state index is 0.149. The topological polar surface area (TPSA) is 84.2 Å². The van der Waals surface area contributed by atoms with E-state index in [4.69, 9.17) is 10.5 Å². The van der Waals surface area contributed by atoms with Crippen LogP contribution in [0.1, 0.15) is 19.8 Å². The fraction of sp³-hybridized carbons (Fsp3) is 0.636. The number of hydrogen-bond acceptors (Lipinski definition) is 5. The largest absolute Gasteiger partial charge is 0.489 e. The van der Waals surface area contributed by atoms with E-state index in [-0.39, 0.29) is 16.8 Å². The van der Waals surface area contributed by atoms with Gasteiger partial charge in [0.05, 0.1) is 19.0 Å². The summed E-state index contributed by atoms with van der Waals surface area (Å²) in [5.74, 6) is 0.833. The fourth-order valence-electron chi connectivity index (χ4n) is 2.31. The molecule has 1 aromatic heterocycles. The Balaban J connectivity index is 2.16. The highest BCUT2D eigenvalue weighted by atomic mass is 16.5. The summed E-state index contributed by atoms with van der Waals surface area (Å²) in [4.78, 5) is 20.1. The lowest BCUT2D eigenvalue weighted by Gasteiger charge is -2.48. The fourth-order valence-corrected chi connectivity index (χ4v) is 2.31. The van der Waals surface area contributed by atoms with Crippen molar-refractivity contribution < 1.29 is 4.74 Å². The van der Waals surface area contributed by atoms with E-state index in [2.05, 4.69) is 16.9 Å². The molecule has 0 aliphatic carbocycles. The van der Waals surface area contributed by atoms with Gasteiger partial charge in [-0.3, -0.25) is 4.79 Å². The van der Waals surface area contributed by atoms with E-state index in [9.17, 15) is 4.79 Å². The number of hydrogen-bond donors (Lipinski definition) is 2. The van der Waals surface area contributed by atoms with Gasteiger partial charge in [-0.1, -0.05) is 13.3 Å². The highest BCUT2D eigenvalue weighted by molar-refractivity contribution is 5.54. The number of nitrogens with one attached hydrogen (secondary N) is 1. The Morgan fingerprint density at radius 1 is 1.65 bits per heavy atom. The van der Waals surface area contributed by atoms with Gasteiger partial charge in [0.1, 0.15) is 0 Å². The number of ether oxygens (including phenoxy) is 1. The van der Waals surface area contributed by atoms with E-state index in [1.807, 2.05) is 4.90 Å². The number of nitrogens with two attached hydrogens (primary N) is 1. The summed E-state index contributed by atoms with van der Waals surface area (Å²) in [6.45, 7) is 3.55. The van der Waals surface area contributed by atoms with Crippen molar-refractivity contribution in [3.05, 3.63) is 16.7 Å². The second-order valence-corrected chi connectivity index (χ2v) is 4.56. The van der Waals surface area contributed by atoms with E-state index in [0.717, 1.165) is 12.8 Å². The van der Waals surface area contributed by atoms with Crippen LogP contribution in [0.25, 0.3) is 0 Å². The summed E-state index contributed by atoms with van der Waals surface area (Å²) in [6, 6.07) is 0. The van der Waals surface area contributed by atoms with Crippen LogP contribution in [0.3, 0.4) is 0 Å². The molecule has 1 aliphatic heterocycles. The Bertz CT molecular complexity index is 451. The molecule has 1 fully saturated rings. The van der Waals surface area contributed by atoms with Crippen LogP contribution in [0.5, 0.6) is 5.75 Å². The molecule has 1 aromatic rings. The number of rotatable bonds is 4. The normalized spacial score (nSPS) is 17.7. The standard InChI is InChI=1S/C11H18N4O2/c1-3-4-11(12)5-15(6-11)9-8(17-2)10(16)14-7-13-9/h7H,3-6,12H2,1-2H3,(H,13,14,16). The van der Waals surface area contributed by atoms with Crippen LogP contribution in [0, 0.1) is 0 Å². The predicted molar refractivity (Wildman–Crippen MR) is 65.4 cm³/mol. The lowest BCUT2D eigenvalue weighted by atomic mass is 9.86. The van der Waals surface area contributed by atoms with Crippen molar-refractivity contribution in [3.8, 4) is 5.75 Å². The van der Waals surface area contributed by atoms with Gasteiger partial charge in [0, 0.05) is 13.1 Å². The molecule has 2 heterocycles. The maximum absolute atomic E-state index is 11.5. The van der Waals surface area contributed by atoms with Crippen LogP contribution >= 0.6 is 0 Å². The van der Waals surface area contributed by atoms with Crippen molar-refractivity contribution in [1.29, 1.82) is 0 Å². The average Bonchev–Trinajstić information content (AvgIpc) is 2.25. The zero-order valence-corrected chi connectivity index (χ0v) is 10.2. The molecule has 2 rings (SSSR count). The molecule has 1 saturated heterocycles. The molecule has 6 heteroatoms. The average molecular weight is 238 g/mol. The number of aromatic amines is 1. The molecule has 0 atom stereocenters. The van der Waals surface area contributed by atoms with Crippen molar-refractivity contribution in [2.45, 2.75) is 25.3 Å². The molecule has 0 amide bonds. The summed E-state index contributed by atoms with van der Waals surface area (Å²) in [7, 11) is 1.47. The first-order chi connectivity index (χ1) is 8.09. The van der Waals surface area contributed by atoms with Crippen LogP contribution in [0.2, 0.25) is 0 Å². The minimum Gasteiger partial charge on any atom is -0.489 e. The van der Waals surface area contributed by atoms with E-state index in [0.29, 0.717) is 18.9 Å². The summed E-state index contributed by atoms with van der Waals surface area (Å²) in [6.07, 6.45) is 3.43. The molecule has 0 radical (unpaired) electrons. The number of aromatic nitrogens is 2. The third-order valence-electron chi connectivity index (χ3n) is 3.05. The third-order valence-corrected chi connectivity index (χ3v) is 3.05. The maximum atomic E-state index is 11.5. The molecule has 0 saturated carbocycles. The van der Waals surface area contributed by atoms with Crippen LogP contribution < -0.4 is 20.9 Å².